The summed E-state index contributed by atoms with van der Waals surface area (Å²) in [4.78, 5) is 0. The summed E-state index contributed by atoms with van der Waals surface area (Å²) in [6, 6.07) is 0. The third kappa shape index (κ3) is 5.74. The van der Waals surface area contributed by atoms with Gasteiger partial charge in [0.2, 0.25) is 0 Å². The van der Waals surface area contributed by atoms with Crippen LogP contribution in [0.25, 0.3) is 0 Å². The third-order valence-electron chi connectivity index (χ3n) is 0.898. The second-order valence-corrected chi connectivity index (χ2v) is 1.80. The van der Waals surface area contributed by atoms with E-state index in [2.05, 4.69) is 26.0 Å². The molecule has 0 nitrogen and oxygen atoms in total. The molecule has 0 fully saturated rings. The molecule has 0 aliphatic heterocycles. The molecule has 0 aliphatic carbocycles. The molecule has 0 rings (SSSR count). The van der Waals surface area contributed by atoms with Crippen LogP contribution < -0.4 is 0 Å². The first kappa shape index (κ1) is 7.74. The van der Waals surface area contributed by atoms with Crippen molar-refractivity contribution in [2.24, 2.45) is 0 Å². The number of unbranched alkanes of at least 4 members (excludes halogenated alkanes) is 2. The van der Waals surface area contributed by atoms with Gasteiger partial charge in [-0.3, -0.25) is 0 Å². The highest BCUT2D eigenvalue weighted by Gasteiger charge is 1.73. The van der Waals surface area contributed by atoms with Crippen LogP contribution in [-0.2, 0) is 0 Å². The van der Waals surface area contributed by atoms with Gasteiger partial charge >= 0.3 is 0 Å². The van der Waals surface area contributed by atoms with E-state index in [4.69, 9.17) is 0 Å². The molecule has 0 saturated carbocycles. The summed E-state index contributed by atoms with van der Waals surface area (Å²) in [5.74, 6) is 0. The lowest BCUT2D eigenvalue weighted by Crippen LogP contribution is -1.64. The predicted octanol–water partition coefficient (Wildman–Crippen LogP) is 2.76. The predicted molar refractivity (Wildman–Crippen MR) is 37.3 cm³/mol. The molecular formula is C8H14. The minimum Gasteiger partial charge on any atom is -0.0811 e. The van der Waals surface area contributed by atoms with Gasteiger partial charge in [-0.2, -0.15) is 0 Å². The van der Waals surface area contributed by atoms with Crippen molar-refractivity contribution in [1.82, 2.24) is 0 Å². The van der Waals surface area contributed by atoms with Gasteiger partial charge in [0.25, 0.3) is 0 Å². The fourth-order valence-corrected chi connectivity index (χ4v) is 0.451. The van der Waals surface area contributed by atoms with E-state index in [1.807, 2.05) is 0 Å². The van der Waals surface area contributed by atoms with Crippen LogP contribution in [0, 0.1) is 13.0 Å². The third-order valence-corrected chi connectivity index (χ3v) is 0.898. The molecule has 0 amide bonds. The van der Waals surface area contributed by atoms with Crippen LogP contribution >= 0.6 is 0 Å². The summed E-state index contributed by atoms with van der Waals surface area (Å²) in [5, 5.41) is 0. The van der Waals surface area contributed by atoms with Crippen LogP contribution in [0.15, 0.2) is 6.08 Å². The Hall–Kier alpha value is -0.260. The van der Waals surface area contributed by atoms with Crippen LogP contribution in [0.5, 0.6) is 0 Å². The first-order valence-electron chi connectivity index (χ1n) is 3.26. The number of hydrogen-bond donors (Lipinski definition) is 0. The maximum absolute atomic E-state index is 3.70. The average molecular weight is 110 g/mol. The molecule has 0 atom stereocenters. The van der Waals surface area contributed by atoms with Crippen LogP contribution in [0.1, 0.15) is 32.6 Å². The topological polar surface area (TPSA) is 0 Å². The van der Waals surface area contributed by atoms with E-state index < -0.39 is 0 Å². The normalized spacial score (nSPS) is 10.8. The minimum atomic E-state index is 0.972. The van der Waals surface area contributed by atoms with Gasteiger partial charge in [0.05, 0.1) is 0 Å². The molecule has 0 aromatic rings. The molecule has 0 spiro atoms. The fraction of sp³-hybridized carbons (Fsp3) is 0.625. The zero-order valence-electron chi connectivity index (χ0n) is 5.61. The number of rotatable bonds is 4. The maximum atomic E-state index is 3.70. The van der Waals surface area contributed by atoms with Gasteiger partial charge in [0.15, 0.2) is 0 Å². The van der Waals surface area contributed by atoms with Crippen LogP contribution in [0.2, 0.25) is 0 Å². The Bertz CT molecular complexity index is 45.1. The van der Waals surface area contributed by atoms with Crippen molar-refractivity contribution < 1.29 is 0 Å². The van der Waals surface area contributed by atoms with Crippen molar-refractivity contribution >= 4 is 0 Å². The van der Waals surface area contributed by atoms with Gasteiger partial charge in [0.1, 0.15) is 0 Å². The van der Waals surface area contributed by atoms with E-state index in [1.54, 1.807) is 0 Å². The summed E-state index contributed by atoms with van der Waals surface area (Å²) < 4.78 is 0. The maximum Gasteiger partial charge on any atom is -0.0279 e. The Morgan fingerprint density at radius 2 is 2.38 bits per heavy atom. The van der Waals surface area contributed by atoms with E-state index in [0.717, 1.165) is 12.8 Å². The van der Waals surface area contributed by atoms with Crippen LogP contribution in [0.4, 0.5) is 0 Å². The summed E-state index contributed by atoms with van der Waals surface area (Å²) in [7, 11) is 0. The fourth-order valence-electron chi connectivity index (χ4n) is 0.451. The SMILES string of the molecule is [CH2]CC[C]=CCCC. The zero-order chi connectivity index (χ0) is 6.24. The lowest BCUT2D eigenvalue weighted by molar-refractivity contribution is 0.933. The van der Waals surface area contributed by atoms with Gasteiger partial charge < -0.3 is 0 Å². The molecular weight excluding hydrogens is 96.1 g/mol. The summed E-state index contributed by atoms with van der Waals surface area (Å²) in [5.41, 5.74) is 0. The Balaban J connectivity index is 2.83. The van der Waals surface area contributed by atoms with Gasteiger partial charge in [-0.15, -0.1) is 0 Å². The first-order chi connectivity index (χ1) is 3.91. The monoisotopic (exact) mass is 110 g/mol. The van der Waals surface area contributed by atoms with E-state index in [-0.39, 0.29) is 0 Å². The smallest absolute Gasteiger partial charge is 0.0279 e. The van der Waals surface area contributed by atoms with E-state index in [9.17, 15) is 0 Å². The highest BCUT2D eigenvalue weighted by Crippen LogP contribution is 1.91. The van der Waals surface area contributed by atoms with Gasteiger partial charge in [-0.05, 0) is 25.3 Å². The van der Waals surface area contributed by atoms with Gasteiger partial charge in [0, 0.05) is 0 Å². The lowest BCUT2D eigenvalue weighted by atomic mass is 10.2. The molecule has 0 unspecified atom stereocenters. The molecule has 0 heteroatoms. The van der Waals surface area contributed by atoms with Gasteiger partial charge in [-0.1, -0.05) is 26.3 Å². The molecule has 0 aromatic carbocycles. The van der Waals surface area contributed by atoms with Crippen LogP contribution in [0.3, 0.4) is 0 Å². The lowest BCUT2D eigenvalue weighted by Gasteiger charge is -1.82. The summed E-state index contributed by atoms with van der Waals surface area (Å²) in [6.07, 6.45) is 9.63. The van der Waals surface area contributed by atoms with Crippen LogP contribution in [-0.4, -0.2) is 0 Å². The Labute approximate surface area is 52.6 Å². The molecule has 0 heterocycles. The van der Waals surface area contributed by atoms with E-state index >= 15 is 0 Å². The first-order valence-corrected chi connectivity index (χ1v) is 3.26. The second kappa shape index (κ2) is 6.74. The average Bonchev–Trinajstić information content (AvgIpc) is 1.81. The number of allylic oxidation sites excluding steroid dienone is 2. The summed E-state index contributed by atoms with van der Waals surface area (Å²) in [6.45, 7) is 5.87. The molecule has 0 aromatic heterocycles. The molecule has 0 saturated heterocycles. The number of hydrogen-bond acceptors (Lipinski definition) is 0. The molecule has 0 N–H and O–H groups in total. The Kier molecular flexibility index (Phi) is 6.52. The Morgan fingerprint density at radius 1 is 1.62 bits per heavy atom. The molecule has 0 bridgehead atoms. The van der Waals surface area contributed by atoms with Crippen molar-refractivity contribution in [3.05, 3.63) is 19.1 Å². The van der Waals surface area contributed by atoms with Gasteiger partial charge in [-0.25, -0.2) is 0 Å². The largest absolute Gasteiger partial charge is 0.0811 e. The molecule has 0 aliphatic rings. The quantitative estimate of drug-likeness (QED) is 0.522. The highest BCUT2D eigenvalue weighted by atomic mass is 13.8. The Morgan fingerprint density at radius 3 is 2.88 bits per heavy atom. The molecule has 8 heavy (non-hydrogen) atoms. The summed E-state index contributed by atoms with van der Waals surface area (Å²) >= 11 is 0. The van der Waals surface area contributed by atoms with E-state index in [1.165, 1.54) is 12.8 Å². The van der Waals surface area contributed by atoms with Crippen molar-refractivity contribution in [3.63, 3.8) is 0 Å². The molecule has 2 radical (unpaired) electrons. The molecule has 46 valence electrons. The van der Waals surface area contributed by atoms with Crippen molar-refractivity contribution in [2.45, 2.75) is 32.6 Å². The minimum absolute atomic E-state index is 0.972. The second-order valence-electron chi connectivity index (χ2n) is 1.80. The van der Waals surface area contributed by atoms with Crippen molar-refractivity contribution in [1.29, 1.82) is 0 Å². The zero-order valence-corrected chi connectivity index (χ0v) is 5.61. The highest BCUT2D eigenvalue weighted by molar-refractivity contribution is 4.72. The van der Waals surface area contributed by atoms with Crippen molar-refractivity contribution in [3.8, 4) is 0 Å². The standard InChI is InChI=1S/C8H14/c1-3-5-7-8-6-4-2/h8H,1,3-6H2,2H3. The van der Waals surface area contributed by atoms with Crippen molar-refractivity contribution in [2.75, 3.05) is 0 Å². The van der Waals surface area contributed by atoms with E-state index in [0.29, 0.717) is 0 Å².